The number of hydrogen-bond acceptors (Lipinski definition) is 6. The van der Waals surface area contributed by atoms with E-state index in [-0.39, 0.29) is 6.61 Å². The maximum absolute atomic E-state index is 11.9. The second-order valence-corrected chi connectivity index (χ2v) is 8.66. The van der Waals surface area contributed by atoms with Crippen LogP contribution < -0.4 is 4.90 Å². The van der Waals surface area contributed by atoms with Crippen LogP contribution in [0.2, 0.25) is 0 Å². The van der Waals surface area contributed by atoms with Crippen molar-refractivity contribution in [1.82, 2.24) is 14.5 Å². The van der Waals surface area contributed by atoms with Crippen molar-refractivity contribution >= 4 is 27.8 Å². The molecule has 1 saturated heterocycles. The maximum atomic E-state index is 11.9. The number of anilines is 1. The fourth-order valence-corrected chi connectivity index (χ4v) is 4.94. The van der Waals surface area contributed by atoms with Gasteiger partial charge in [0.05, 0.1) is 44.7 Å². The van der Waals surface area contributed by atoms with E-state index in [0.29, 0.717) is 37.9 Å². The van der Waals surface area contributed by atoms with Gasteiger partial charge in [-0.15, -0.1) is 0 Å². The van der Waals surface area contributed by atoms with Crippen molar-refractivity contribution in [3.63, 3.8) is 0 Å². The predicted octanol–water partition coefficient (Wildman–Crippen LogP) is 3.11. The standard InChI is InChI=1S/C23H29FN4O3/c1-27-20-4-6-25-14-19(20)18-2-3-21(26-22(18)27)28-15-23(16-28)12-17(13-23)31-11-10-30-9-8-29-7-5-24/h2-4,6,14,17H,5,7-13,15-16H2,1H3. The smallest absolute Gasteiger partial charge is 0.143 e. The van der Waals surface area contributed by atoms with E-state index in [4.69, 9.17) is 19.2 Å². The predicted molar refractivity (Wildman–Crippen MR) is 117 cm³/mol. The number of fused-ring (bicyclic) bond motifs is 3. The quantitative estimate of drug-likeness (QED) is 0.463. The Morgan fingerprint density at radius 3 is 2.61 bits per heavy atom. The number of aryl methyl sites for hydroxylation is 1. The Bertz CT molecular complexity index is 1040. The number of nitrogens with zero attached hydrogens (tertiary/aromatic N) is 4. The lowest BCUT2D eigenvalue weighted by Crippen LogP contribution is -2.64. The van der Waals surface area contributed by atoms with Gasteiger partial charge < -0.3 is 23.7 Å². The molecule has 3 aromatic rings. The first kappa shape index (κ1) is 20.6. The van der Waals surface area contributed by atoms with Crippen molar-refractivity contribution in [2.24, 2.45) is 12.5 Å². The summed E-state index contributed by atoms with van der Waals surface area (Å²) >= 11 is 0. The molecule has 5 rings (SSSR count). The van der Waals surface area contributed by atoms with Crippen molar-refractivity contribution < 1.29 is 18.6 Å². The zero-order valence-corrected chi connectivity index (χ0v) is 17.9. The minimum absolute atomic E-state index is 0.143. The first-order valence-corrected chi connectivity index (χ1v) is 11.0. The molecule has 0 atom stereocenters. The third-order valence-electron chi connectivity index (χ3n) is 6.50. The van der Waals surface area contributed by atoms with E-state index in [1.165, 1.54) is 0 Å². The zero-order valence-electron chi connectivity index (χ0n) is 17.9. The van der Waals surface area contributed by atoms with Crippen LogP contribution in [0.3, 0.4) is 0 Å². The molecule has 0 aromatic carbocycles. The monoisotopic (exact) mass is 428 g/mol. The van der Waals surface area contributed by atoms with Crippen molar-refractivity contribution in [2.75, 3.05) is 57.7 Å². The molecule has 0 amide bonds. The molecule has 3 aromatic heterocycles. The van der Waals surface area contributed by atoms with Crippen LogP contribution in [0.4, 0.5) is 10.2 Å². The molecule has 0 N–H and O–H groups in total. The van der Waals surface area contributed by atoms with Crippen LogP contribution in [0.15, 0.2) is 30.6 Å². The molecule has 1 spiro atoms. The van der Waals surface area contributed by atoms with Gasteiger partial charge in [-0.05, 0) is 31.0 Å². The molecule has 8 heteroatoms. The molecular formula is C23H29FN4O3. The molecule has 0 unspecified atom stereocenters. The van der Waals surface area contributed by atoms with Gasteiger partial charge in [0, 0.05) is 48.7 Å². The summed E-state index contributed by atoms with van der Waals surface area (Å²) in [6, 6.07) is 6.33. The Morgan fingerprint density at radius 2 is 1.81 bits per heavy atom. The highest BCUT2D eigenvalue weighted by atomic mass is 19.1. The van der Waals surface area contributed by atoms with Gasteiger partial charge in [0.25, 0.3) is 0 Å². The first-order chi connectivity index (χ1) is 15.2. The molecule has 31 heavy (non-hydrogen) atoms. The van der Waals surface area contributed by atoms with Gasteiger partial charge in [-0.25, -0.2) is 9.37 Å². The Labute approximate surface area is 181 Å². The van der Waals surface area contributed by atoms with Gasteiger partial charge >= 0.3 is 0 Å². The summed E-state index contributed by atoms with van der Waals surface area (Å²) in [5, 5.41) is 2.30. The molecule has 7 nitrogen and oxygen atoms in total. The van der Waals surface area contributed by atoms with E-state index in [1.807, 2.05) is 18.5 Å². The zero-order chi connectivity index (χ0) is 21.3. The van der Waals surface area contributed by atoms with E-state index in [2.05, 4.69) is 33.6 Å². The molecule has 0 radical (unpaired) electrons. The number of hydrogen-bond donors (Lipinski definition) is 0. The lowest BCUT2D eigenvalue weighted by molar-refractivity contribution is -0.105. The van der Waals surface area contributed by atoms with Crippen LogP contribution in [0.1, 0.15) is 12.8 Å². The lowest BCUT2D eigenvalue weighted by Gasteiger charge is -2.59. The van der Waals surface area contributed by atoms with Gasteiger partial charge in [-0.2, -0.15) is 0 Å². The SMILES string of the molecule is Cn1c2ccncc2c2ccc(N3CC4(CC(OCCOCCOCCF)C4)C3)nc21. The van der Waals surface area contributed by atoms with Gasteiger partial charge in [-0.1, -0.05) is 0 Å². The van der Waals surface area contributed by atoms with Gasteiger partial charge in [0.1, 0.15) is 18.1 Å². The molecular weight excluding hydrogens is 399 g/mol. The highest BCUT2D eigenvalue weighted by Gasteiger charge is 2.53. The summed E-state index contributed by atoms with van der Waals surface area (Å²) in [6.45, 7) is 3.85. The van der Waals surface area contributed by atoms with Crippen LogP contribution in [0.5, 0.6) is 0 Å². The second kappa shape index (κ2) is 8.68. The van der Waals surface area contributed by atoms with Crippen molar-refractivity contribution in [3.05, 3.63) is 30.6 Å². The van der Waals surface area contributed by atoms with Crippen LogP contribution in [0.25, 0.3) is 21.9 Å². The van der Waals surface area contributed by atoms with Crippen molar-refractivity contribution in [1.29, 1.82) is 0 Å². The highest BCUT2D eigenvalue weighted by molar-refractivity contribution is 6.06. The van der Waals surface area contributed by atoms with E-state index >= 15 is 0 Å². The molecule has 2 aliphatic rings. The summed E-state index contributed by atoms with van der Waals surface area (Å²) in [7, 11) is 2.06. The maximum Gasteiger partial charge on any atom is 0.143 e. The molecule has 4 heterocycles. The van der Waals surface area contributed by atoms with Gasteiger partial charge in [-0.3, -0.25) is 4.98 Å². The van der Waals surface area contributed by atoms with Crippen LogP contribution in [-0.2, 0) is 21.3 Å². The van der Waals surface area contributed by atoms with Gasteiger partial charge in [0.15, 0.2) is 0 Å². The Balaban J connectivity index is 1.08. The van der Waals surface area contributed by atoms with E-state index in [0.717, 1.165) is 53.7 Å². The van der Waals surface area contributed by atoms with Gasteiger partial charge in [0.2, 0.25) is 0 Å². The fraction of sp³-hybridized carbons (Fsp3) is 0.565. The third kappa shape index (κ3) is 4.00. The van der Waals surface area contributed by atoms with Crippen LogP contribution >= 0.6 is 0 Å². The molecule has 166 valence electrons. The fourth-order valence-electron chi connectivity index (χ4n) is 4.94. The topological polar surface area (TPSA) is 61.6 Å². The van der Waals surface area contributed by atoms with Crippen LogP contribution in [-0.4, -0.2) is 73.4 Å². The Hall–Kier alpha value is -2.29. The van der Waals surface area contributed by atoms with E-state index < -0.39 is 6.67 Å². The molecule has 0 bridgehead atoms. The highest BCUT2D eigenvalue weighted by Crippen LogP contribution is 2.50. The lowest BCUT2D eigenvalue weighted by atomic mass is 9.62. The second-order valence-electron chi connectivity index (χ2n) is 8.66. The Morgan fingerprint density at radius 1 is 1.03 bits per heavy atom. The van der Waals surface area contributed by atoms with Crippen molar-refractivity contribution in [3.8, 4) is 0 Å². The average Bonchev–Trinajstić information content (AvgIpc) is 3.02. The Kier molecular flexibility index (Phi) is 5.77. The molecule has 1 aliphatic carbocycles. The number of ether oxygens (including phenoxy) is 3. The number of halogens is 1. The third-order valence-corrected chi connectivity index (χ3v) is 6.50. The molecule has 1 saturated carbocycles. The number of pyridine rings is 2. The minimum atomic E-state index is -0.449. The summed E-state index contributed by atoms with van der Waals surface area (Å²) in [5.41, 5.74) is 2.54. The van der Waals surface area contributed by atoms with Crippen molar-refractivity contribution in [2.45, 2.75) is 18.9 Å². The average molecular weight is 429 g/mol. The summed E-state index contributed by atoms with van der Waals surface area (Å²) in [5.74, 6) is 1.05. The summed E-state index contributed by atoms with van der Waals surface area (Å²) in [6.07, 6.45) is 6.27. The number of rotatable bonds is 10. The minimum Gasteiger partial charge on any atom is -0.377 e. The number of alkyl halides is 1. The molecule has 1 aliphatic heterocycles. The van der Waals surface area contributed by atoms with E-state index in [1.54, 1.807) is 0 Å². The largest absolute Gasteiger partial charge is 0.377 e. The summed E-state index contributed by atoms with van der Waals surface area (Å²) in [4.78, 5) is 11.6. The van der Waals surface area contributed by atoms with E-state index in [9.17, 15) is 4.39 Å². The summed E-state index contributed by atoms with van der Waals surface area (Å²) < 4.78 is 30.4. The normalized spacial score (nSPS) is 18.1. The molecule has 2 fully saturated rings. The van der Waals surface area contributed by atoms with Crippen LogP contribution in [0, 0.1) is 5.41 Å². The number of aromatic nitrogens is 3. The first-order valence-electron chi connectivity index (χ1n) is 11.0.